The summed E-state index contributed by atoms with van der Waals surface area (Å²) in [5, 5.41) is 5.64. The van der Waals surface area contributed by atoms with Crippen LogP contribution in [-0.4, -0.2) is 55.6 Å². The van der Waals surface area contributed by atoms with E-state index in [-0.39, 0.29) is 35.9 Å². The monoisotopic (exact) mass is 613 g/mol. The molecule has 1 aliphatic rings. The van der Waals surface area contributed by atoms with Gasteiger partial charge in [0.1, 0.15) is 11.2 Å². The number of amides is 1. The molecule has 1 saturated carbocycles. The Balaban J connectivity index is 1.52. The molecular weight excluding hydrogens is 570 g/mol. The lowest BCUT2D eigenvalue weighted by molar-refractivity contribution is -0.124. The summed E-state index contributed by atoms with van der Waals surface area (Å²) in [6.07, 6.45) is 6.38. The molecular formula is C35H43N5O5. The van der Waals surface area contributed by atoms with Gasteiger partial charge in [0.2, 0.25) is 5.91 Å². The number of anilines is 1. The minimum absolute atomic E-state index is 0.0175. The van der Waals surface area contributed by atoms with Crippen molar-refractivity contribution in [2.24, 2.45) is 11.8 Å². The van der Waals surface area contributed by atoms with Crippen molar-refractivity contribution in [1.29, 1.82) is 0 Å². The smallest absolute Gasteiger partial charge is 0.419 e. The van der Waals surface area contributed by atoms with Crippen LogP contribution in [0.1, 0.15) is 84.5 Å². The molecule has 4 aromatic rings. The molecule has 3 heterocycles. The molecule has 0 N–H and O–H groups in total. The largest absolute Gasteiger partial charge is 0.462 e. The van der Waals surface area contributed by atoms with Crippen LogP contribution >= 0.6 is 0 Å². The third-order valence-corrected chi connectivity index (χ3v) is 8.10. The number of ether oxygens (including phenoxy) is 2. The van der Waals surface area contributed by atoms with Gasteiger partial charge in [-0.05, 0) is 97.4 Å². The maximum atomic E-state index is 13.8. The van der Waals surface area contributed by atoms with Crippen LogP contribution in [0.2, 0.25) is 0 Å². The highest BCUT2D eigenvalue weighted by Crippen LogP contribution is 2.33. The third kappa shape index (κ3) is 6.79. The van der Waals surface area contributed by atoms with E-state index in [1.165, 1.54) is 4.57 Å². The first kappa shape index (κ1) is 31.9. The van der Waals surface area contributed by atoms with E-state index < -0.39 is 17.7 Å². The predicted octanol–water partition coefficient (Wildman–Crippen LogP) is 7.42. The van der Waals surface area contributed by atoms with Crippen molar-refractivity contribution in [2.75, 3.05) is 11.5 Å². The van der Waals surface area contributed by atoms with Gasteiger partial charge in [0, 0.05) is 23.5 Å². The van der Waals surface area contributed by atoms with Crippen molar-refractivity contribution < 1.29 is 23.9 Å². The SMILES string of the molecule is CCOC(=O)c1cn(-c2ccc(-c3cc4ccccc4n3C(=O)OC(C)(C)C)nc2)nc1N(C(=O)[C@H]1CC[C@H](C)CC1)C(C)C. The van der Waals surface area contributed by atoms with Crippen molar-refractivity contribution in [1.82, 2.24) is 19.3 Å². The normalized spacial score (nSPS) is 17.0. The molecule has 1 aromatic carbocycles. The van der Waals surface area contributed by atoms with Crippen LogP contribution in [-0.2, 0) is 14.3 Å². The molecule has 0 spiro atoms. The van der Waals surface area contributed by atoms with Gasteiger partial charge in [0.25, 0.3) is 0 Å². The maximum absolute atomic E-state index is 13.8. The van der Waals surface area contributed by atoms with E-state index in [9.17, 15) is 14.4 Å². The molecule has 0 bridgehead atoms. The van der Waals surface area contributed by atoms with Crippen LogP contribution in [0.25, 0.3) is 28.0 Å². The van der Waals surface area contributed by atoms with Crippen LogP contribution in [0.5, 0.6) is 0 Å². The minimum atomic E-state index is -0.674. The Labute approximate surface area is 264 Å². The first-order valence-electron chi connectivity index (χ1n) is 15.8. The number of benzene rings is 1. The zero-order chi connectivity index (χ0) is 32.5. The first-order chi connectivity index (χ1) is 21.4. The fourth-order valence-electron chi connectivity index (χ4n) is 5.86. The summed E-state index contributed by atoms with van der Waals surface area (Å²) in [5.41, 5.74) is 1.99. The van der Waals surface area contributed by atoms with E-state index >= 15 is 0 Å². The molecule has 1 amide bonds. The van der Waals surface area contributed by atoms with Gasteiger partial charge in [0.15, 0.2) is 5.82 Å². The molecule has 238 valence electrons. The number of pyridine rings is 1. The highest BCUT2D eigenvalue weighted by Gasteiger charge is 2.34. The zero-order valence-corrected chi connectivity index (χ0v) is 27.2. The summed E-state index contributed by atoms with van der Waals surface area (Å²) >= 11 is 0. The number of carbonyl (C=O) groups is 3. The second-order valence-electron chi connectivity index (χ2n) is 13.1. The number of fused-ring (bicyclic) bond motifs is 1. The predicted molar refractivity (Wildman–Crippen MR) is 174 cm³/mol. The summed E-state index contributed by atoms with van der Waals surface area (Å²) in [5.74, 6) is 0.219. The minimum Gasteiger partial charge on any atom is -0.462 e. The topological polar surface area (TPSA) is 109 Å². The van der Waals surface area contributed by atoms with Crippen LogP contribution in [0.4, 0.5) is 10.6 Å². The van der Waals surface area contributed by atoms with E-state index in [1.54, 1.807) is 35.0 Å². The molecule has 3 aromatic heterocycles. The Morgan fingerprint density at radius 3 is 2.38 bits per heavy atom. The second kappa shape index (κ2) is 12.9. The average molecular weight is 614 g/mol. The molecule has 0 radical (unpaired) electrons. The van der Waals surface area contributed by atoms with Crippen molar-refractivity contribution in [2.45, 2.75) is 85.8 Å². The Kier molecular flexibility index (Phi) is 9.13. The molecule has 1 fully saturated rings. The van der Waals surface area contributed by atoms with Crippen LogP contribution in [0.3, 0.4) is 0 Å². The average Bonchev–Trinajstić information content (AvgIpc) is 3.59. The summed E-state index contributed by atoms with van der Waals surface area (Å²) in [4.78, 5) is 46.6. The summed E-state index contributed by atoms with van der Waals surface area (Å²) in [7, 11) is 0. The lowest BCUT2D eigenvalue weighted by Gasteiger charge is -2.32. The lowest BCUT2D eigenvalue weighted by Crippen LogP contribution is -2.43. The van der Waals surface area contributed by atoms with E-state index in [0.29, 0.717) is 28.5 Å². The summed E-state index contributed by atoms with van der Waals surface area (Å²) in [6.45, 7) is 13.5. The van der Waals surface area contributed by atoms with Gasteiger partial charge >= 0.3 is 12.1 Å². The number of rotatable bonds is 7. The quantitative estimate of drug-likeness (QED) is 0.200. The number of hydrogen-bond donors (Lipinski definition) is 0. The standard InChI is InChI=1S/C35H43N5O5/c1-8-44-33(42)27-21-38(37-31(27)39(22(2)3)32(41)24-15-13-23(4)14-16-24)26-17-18-28(36-20-26)30-19-25-11-9-10-12-29(25)40(30)34(43)45-35(5,6)7/h9-12,17-24H,8,13-16H2,1-7H3/t23-,24-. The molecule has 5 rings (SSSR count). The number of esters is 1. The van der Waals surface area contributed by atoms with Crippen molar-refractivity contribution >= 4 is 34.7 Å². The molecule has 0 unspecified atom stereocenters. The fourth-order valence-corrected chi connectivity index (χ4v) is 5.86. The highest BCUT2D eigenvalue weighted by molar-refractivity contribution is 6.02. The molecule has 0 saturated heterocycles. The lowest BCUT2D eigenvalue weighted by atomic mass is 9.82. The maximum Gasteiger partial charge on any atom is 0.419 e. The number of para-hydroxylation sites is 1. The zero-order valence-electron chi connectivity index (χ0n) is 27.2. The van der Waals surface area contributed by atoms with Gasteiger partial charge in [-0.3, -0.25) is 14.7 Å². The van der Waals surface area contributed by atoms with Crippen molar-refractivity contribution in [3.8, 4) is 17.1 Å². The number of hydrogen-bond acceptors (Lipinski definition) is 7. The molecule has 1 aliphatic carbocycles. The van der Waals surface area contributed by atoms with Gasteiger partial charge in [-0.2, -0.15) is 0 Å². The molecule has 45 heavy (non-hydrogen) atoms. The van der Waals surface area contributed by atoms with Crippen LogP contribution in [0, 0.1) is 11.8 Å². The number of nitrogens with zero attached hydrogens (tertiary/aromatic N) is 5. The van der Waals surface area contributed by atoms with Crippen LogP contribution < -0.4 is 4.90 Å². The van der Waals surface area contributed by atoms with Gasteiger partial charge in [0.05, 0.1) is 35.4 Å². The second-order valence-corrected chi connectivity index (χ2v) is 13.1. The Bertz CT molecular complexity index is 1690. The Hall–Kier alpha value is -4.47. The van der Waals surface area contributed by atoms with Gasteiger partial charge in [-0.1, -0.05) is 25.1 Å². The van der Waals surface area contributed by atoms with E-state index in [1.807, 2.05) is 71.0 Å². The van der Waals surface area contributed by atoms with E-state index in [4.69, 9.17) is 14.6 Å². The molecule has 0 aliphatic heterocycles. The van der Waals surface area contributed by atoms with E-state index in [2.05, 4.69) is 11.9 Å². The first-order valence-corrected chi connectivity index (χ1v) is 15.8. The van der Waals surface area contributed by atoms with Crippen molar-refractivity contribution in [3.05, 3.63) is 60.4 Å². The van der Waals surface area contributed by atoms with Gasteiger partial charge in [-0.15, -0.1) is 5.10 Å². The Morgan fingerprint density at radius 2 is 1.76 bits per heavy atom. The van der Waals surface area contributed by atoms with E-state index in [0.717, 1.165) is 31.1 Å². The highest BCUT2D eigenvalue weighted by atomic mass is 16.6. The van der Waals surface area contributed by atoms with Gasteiger partial charge < -0.3 is 9.47 Å². The van der Waals surface area contributed by atoms with Crippen LogP contribution in [0.15, 0.2) is 54.9 Å². The molecule has 0 atom stereocenters. The Morgan fingerprint density at radius 1 is 1.04 bits per heavy atom. The summed E-state index contributed by atoms with van der Waals surface area (Å²) in [6, 6.07) is 12.9. The van der Waals surface area contributed by atoms with Gasteiger partial charge in [-0.25, -0.2) is 18.8 Å². The summed E-state index contributed by atoms with van der Waals surface area (Å²) < 4.78 is 14.2. The third-order valence-electron chi connectivity index (χ3n) is 8.10. The molecule has 10 heteroatoms. The fraction of sp³-hybridized carbons (Fsp3) is 0.457. The number of carbonyl (C=O) groups excluding carboxylic acids is 3. The molecule has 10 nitrogen and oxygen atoms in total. The number of aromatic nitrogens is 4. The van der Waals surface area contributed by atoms with Crippen molar-refractivity contribution in [3.63, 3.8) is 0 Å².